The largest absolute Gasteiger partial charge is 0.383 e. The first-order chi connectivity index (χ1) is 8.90. The Bertz CT molecular complexity index is 570. The topological polar surface area (TPSA) is 65.1 Å². The number of hydrogen-bond donors (Lipinski definition) is 3. The molecule has 0 aromatic carbocycles. The molecule has 1 atom stereocenters. The summed E-state index contributed by atoms with van der Waals surface area (Å²) in [5.74, 6) is -0.192. The molecule has 3 N–H and O–H groups in total. The van der Waals surface area contributed by atoms with Crippen molar-refractivity contribution in [2.24, 2.45) is 0 Å². The molecule has 2 aromatic heterocycles. The van der Waals surface area contributed by atoms with Crippen LogP contribution >= 0.6 is 11.3 Å². The van der Waals surface area contributed by atoms with Crippen LogP contribution in [0.3, 0.4) is 0 Å². The molecule has 19 heavy (non-hydrogen) atoms. The van der Waals surface area contributed by atoms with E-state index in [9.17, 15) is 9.90 Å². The average molecular weight is 278 g/mol. The number of carbonyl (C=O) groups is 1. The smallest absolute Gasteiger partial charge is 0.268 e. The van der Waals surface area contributed by atoms with Crippen LogP contribution in [-0.2, 0) is 5.60 Å². The van der Waals surface area contributed by atoms with Crippen molar-refractivity contribution >= 4 is 17.2 Å². The van der Waals surface area contributed by atoms with Crippen molar-refractivity contribution in [3.05, 3.63) is 45.4 Å². The molecule has 0 saturated carbocycles. The van der Waals surface area contributed by atoms with E-state index in [1.165, 1.54) is 11.3 Å². The third-order valence-corrected chi connectivity index (χ3v) is 4.14. The van der Waals surface area contributed by atoms with Gasteiger partial charge in [0.25, 0.3) is 5.91 Å². The number of aliphatic hydroxyl groups is 1. The molecule has 5 heteroatoms. The highest BCUT2D eigenvalue weighted by Gasteiger charge is 2.25. The van der Waals surface area contributed by atoms with Gasteiger partial charge < -0.3 is 15.4 Å². The maximum Gasteiger partial charge on any atom is 0.268 e. The predicted molar refractivity (Wildman–Crippen MR) is 76.5 cm³/mol. The van der Waals surface area contributed by atoms with Crippen LogP contribution in [0.2, 0.25) is 0 Å². The van der Waals surface area contributed by atoms with E-state index in [0.717, 1.165) is 16.1 Å². The Morgan fingerprint density at radius 1 is 1.53 bits per heavy atom. The highest BCUT2D eigenvalue weighted by Crippen LogP contribution is 2.24. The van der Waals surface area contributed by atoms with Gasteiger partial charge in [0.1, 0.15) is 11.3 Å². The van der Waals surface area contributed by atoms with Crippen molar-refractivity contribution in [2.45, 2.75) is 26.4 Å². The van der Waals surface area contributed by atoms with E-state index in [0.29, 0.717) is 5.69 Å². The van der Waals surface area contributed by atoms with Crippen molar-refractivity contribution in [3.8, 4) is 0 Å². The minimum atomic E-state index is -1.04. The first-order valence-corrected chi connectivity index (χ1v) is 6.99. The Morgan fingerprint density at radius 3 is 2.79 bits per heavy atom. The number of aromatic nitrogens is 1. The lowest BCUT2D eigenvalue weighted by Gasteiger charge is -2.22. The number of thiophene rings is 1. The molecule has 0 spiro atoms. The van der Waals surface area contributed by atoms with E-state index in [-0.39, 0.29) is 12.5 Å². The molecule has 0 fully saturated rings. The SMILES string of the molecule is Cc1cc(C)c(C(=O)NCC(C)(O)c2cccs2)[nH]1. The highest BCUT2D eigenvalue weighted by molar-refractivity contribution is 7.10. The van der Waals surface area contributed by atoms with Gasteiger partial charge in [0, 0.05) is 10.6 Å². The molecule has 0 aliphatic rings. The summed E-state index contributed by atoms with van der Waals surface area (Å²) in [5, 5.41) is 15.0. The lowest BCUT2D eigenvalue weighted by Crippen LogP contribution is -2.38. The molecule has 1 amide bonds. The van der Waals surface area contributed by atoms with Crippen LogP contribution in [0.4, 0.5) is 0 Å². The minimum absolute atomic E-state index is 0.184. The second-order valence-electron chi connectivity index (χ2n) is 4.94. The quantitative estimate of drug-likeness (QED) is 0.803. The van der Waals surface area contributed by atoms with Gasteiger partial charge in [-0.1, -0.05) is 6.07 Å². The Kier molecular flexibility index (Phi) is 3.78. The second kappa shape index (κ2) is 5.19. The number of aromatic amines is 1. The molecule has 0 bridgehead atoms. The molecule has 1 unspecified atom stereocenters. The lowest BCUT2D eigenvalue weighted by molar-refractivity contribution is 0.0555. The third-order valence-electron chi connectivity index (χ3n) is 3.02. The number of nitrogens with one attached hydrogen (secondary N) is 2. The molecule has 0 radical (unpaired) electrons. The van der Waals surface area contributed by atoms with Crippen LogP contribution in [0.25, 0.3) is 0 Å². The van der Waals surface area contributed by atoms with E-state index in [2.05, 4.69) is 10.3 Å². The first kappa shape index (κ1) is 13.8. The number of carbonyl (C=O) groups excluding carboxylic acids is 1. The summed E-state index contributed by atoms with van der Waals surface area (Å²) in [6.45, 7) is 5.68. The fourth-order valence-corrected chi connectivity index (χ4v) is 2.76. The van der Waals surface area contributed by atoms with Gasteiger partial charge in [-0.25, -0.2) is 0 Å². The normalized spacial score (nSPS) is 14.1. The van der Waals surface area contributed by atoms with Gasteiger partial charge in [0.05, 0.1) is 6.54 Å². The number of rotatable bonds is 4. The van der Waals surface area contributed by atoms with Crippen LogP contribution in [0, 0.1) is 13.8 Å². The summed E-state index contributed by atoms with van der Waals surface area (Å²) in [5.41, 5.74) is 1.37. The minimum Gasteiger partial charge on any atom is -0.383 e. The summed E-state index contributed by atoms with van der Waals surface area (Å²) in [6.07, 6.45) is 0. The zero-order chi connectivity index (χ0) is 14.0. The lowest BCUT2D eigenvalue weighted by atomic mass is 10.1. The summed E-state index contributed by atoms with van der Waals surface area (Å²) < 4.78 is 0. The van der Waals surface area contributed by atoms with Crippen LogP contribution in [0.1, 0.15) is 33.5 Å². The fraction of sp³-hybridized carbons (Fsp3) is 0.357. The van der Waals surface area contributed by atoms with Crippen molar-refractivity contribution in [3.63, 3.8) is 0 Å². The van der Waals surface area contributed by atoms with E-state index in [4.69, 9.17) is 0 Å². The standard InChI is InChI=1S/C14H18N2O2S/c1-9-7-10(2)16-12(9)13(17)15-8-14(3,18)11-5-4-6-19-11/h4-7,16,18H,8H2,1-3H3,(H,15,17). The van der Waals surface area contributed by atoms with Gasteiger partial charge in [0.2, 0.25) is 0 Å². The Balaban J connectivity index is 2.03. The summed E-state index contributed by atoms with van der Waals surface area (Å²) >= 11 is 1.48. The van der Waals surface area contributed by atoms with Crippen LogP contribution in [-0.4, -0.2) is 22.5 Å². The molecule has 2 heterocycles. The van der Waals surface area contributed by atoms with Crippen LogP contribution in [0.15, 0.2) is 23.6 Å². The maximum absolute atomic E-state index is 12.0. The van der Waals surface area contributed by atoms with Crippen molar-refractivity contribution in [2.75, 3.05) is 6.54 Å². The van der Waals surface area contributed by atoms with E-state index >= 15 is 0 Å². The fourth-order valence-electron chi connectivity index (χ4n) is 1.98. The van der Waals surface area contributed by atoms with Crippen molar-refractivity contribution in [1.29, 1.82) is 0 Å². The molecule has 0 saturated heterocycles. The van der Waals surface area contributed by atoms with E-state index in [1.807, 2.05) is 37.4 Å². The monoisotopic (exact) mass is 278 g/mol. The number of hydrogen-bond acceptors (Lipinski definition) is 3. The van der Waals surface area contributed by atoms with Gasteiger partial charge in [0.15, 0.2) is 0 Å². The maximum atomic E-state index is 12.0. The van der Waals surface area contributed by atoms with E-state index < -0.39 is 5.60 Å². The zero-order valence-corrected chi connectivity index (χ0v) is 12.1. The van der Waals surface area contributed by atoms with Crippen LogP contribution in [0.5, 0.6) is 0 Å². The average Bonchev–Trinajstić information content (AvgIpc) is 2.96. The van der Waals surface area contributed by atoms with Crippen molar-refractivity contribution < 1.29 is 9.90 Å². The zero-order valence-electron chi connectivity index (χ0n) is 11.3. The number of H-pyrrole nitrogens is 1. The molecule has 4 nitrogen and oxygen atoms in total. The molecule has 2 aromatic rings. The van der Waals surface area contributed by atoms with Gasteiger partial charge in [-0.15, -0.1) is 11.3 Å². The Hall–Kier alpha value is -1.59. The molecular weight excluding hydrogens is 260 g/mol. The van der Waals surface area contributed by atoms with Crippen LogP contribution < -0.4 is 5.32 Å². The predicted octanol–water partition coefficient (Wildman–Crippen LogP) is 2.33. The van der Waals surface area contributed by atoms with Gasteiger partial charge in [-0.3, -0.25) is 4.79 Å². The summed E-state index contributed by atoms with van der Waals surface area (Å²) in [6, 6.07) is 5.67. The summed E-state index contributed by atoms with van der Waals surface area (Å²) in [4.78, 5) is 15.9. The third kappa shape index (κ3) is 3.05. The molecule has 2 rings (SSSR count). The number of aryl methyl sites for hydroxylation is 2. The molecule has 0 aliphatic carbocycles. The van der Waals surface area contributed by atoms with Gasteiger partial charge in [-0.05, 0) is 43.8 Å². The highest BCUT2D eigenvalue weighted by atomic mass is 32.1. The second-order valence-corrected chi connectivity index (χ2v) is 5.89. The molecule has 0 aliphatic heterocycles. The van der Waals surface area contributed by atoms with Gasteiger partial charge in [-0.2, -0.15) is 0 Å². The Morgan fingerprint density at radius 2 is 2.26 bits per heavy atom. The van der Waals surface area contributed by atoms with Gasteiger partial charge >= 0.3 is 0 Å². The Labute approximate surface area is 116 Å². The summed E-state index contributed by atoms with van der Waals surface area (Å²) in [7, 11) is 0. The number of amides is 1. The van der Waals surface area contributed by atoms with Crippen molar-refractivity contribution in [1.82, 2.24) is 10.3 Å². The van der Waals surface area contributed by atoms with E-state index in [1.54, 1.807) is 6.92 Å². The molecule has 102 valence electrons. The molecular formula is C14H18N2O2S. The first-order valence-electron chi connectivity index (χ1n) is 6.11.